The maximum atomic E-state index is 13.1. The van der Waals surface area contributed by atoms with Gasteiger partial charge in [0.05, 0.1) is 10.9 Å². The molecule has 116 valence electrons. The van der Waals surface area contributed by atoms with Crippen LogP contribution in [0.15, 0.2) is 59.5 Å². The van der Waals surface area contributed by atoms with Gasteiger partial charge in [0, 0.05) is 0 Å². The summed E-state index contributed by atoms with van der Waals surface area (Å²) in [6.07, 6.45) is 0. The third kappa shape index (κ3) is 2.27. The van der Waals surface area contributed by atoms with Crippen LogP contribution in [-0.2, 0) is 9.84 Å². The second-order valence-corrected chi connectivity index (χ2v) is 7.62. The molecule has 0 N–H and O–H groups in total. The maximum Gasteiger partial charge on any atom is 0.187 e. The van der Waals surface area contributed by atoms with Crippen LogP contribution < -0.4 is 0 Å². The Kier molecular flexibility index (Phi) is 4.06. The van der Waals surface area contributed by atoms with Crippen molar-refractivity contribution in [3.63, 3.8) is 0 Å². The van der Waals surface area contributed by atoms with Crippen molar-refractivity contribution in [2.24, 2.45) is 0 Å². The van der Waals surface area contributed by atoms with Gasteiger partial charge in [-0.2, -0.15) is 0 Å². The first-order chi connectivity index (χ1) is 10.6. The molecule has 2 atom stereocenters. The molecule has 1 heterocycles. The zero-order chi connectivity index (χ0) is 15.7. The van der Waals surface area contributed by atoms with Crippen LogP contribution in [0.4, 0.5) is 0 Å². The molecule has 2 aromatic rings. The van der Waals surface area contributed by atoms with E-state index in [9.17, 15) is 8.42 Å². The van der Waals surface area contributed by atoms with Gasteiger partial charge in [-0.15, -0.1) is 0 Å². The van der Waals surface area contributed by atoms with E-state index in [0.29, 0.717) is 4.90 Å². The Morgan fingerprint density at radius 3 is 2.14 bits per heavy atom. The summed E-state index contributed by atoms with van der Waals surface area (Å²) in [4.78, 5) is 2.72. The number of fused-ring (bicyclic) bond motifs is 1. The highest BCUT2D eigenvalue weighted by Crippen LogP contribution is 2.50. The lowest BCUT2D eigenvalue weighted by Crippen LogP contribution is -2.31. The molecule has 0 radical (unpaired) electrons. The van der Waals surface area contributed by atoms with Crippen LogP contribution >= 0.6 is 0 Å². The summed E-state index contributed by atoms with van der Waals surface area (Å²) in [5.74, 6) is 0. The fourth-order valence-electron chi connectivity index (χ4n) is 3.46. The second-order valence-electron chi connectivity index (χ2n) is 5.58. The molecule has 3 rings (SSSR count). The number of benzene rings is 2. The molecule has 0 saturated carbocycles. The van der Waals surface area contributed by atoms with Gasteiger partial charge in [0.25, 0.3) is 0 Å². The molecule has 22 heavy (non-hydrogen) atoms. The number of sulfone groups is 1. The van der Waals surface area contributed by atoms with E-state index in [-0.39, 0.29) is 6.04 Å². The van der Waals surface area contributed by atoms with Gasteiger partial charge in [0.1, 0.15) is 5.25 Å². The lowest BCUT2D eigenvalue weighted by Gasteiger charge is -2.31. The Morgan fingerprint density at radius 1 is 0.909 bits per heavy atom. The van der Waals surface area contributed by atoms with E-state index in [1.54, 1.807) is 6.07 Å². The summed E-state index contributed by atoms with van der Waals surface area (Å²) in [5, 5.41) is -0.522. The third-order valence-corrected chi connectivity index (χ3v) is 6.68. The quantitative estimate of drug-likeness (QED) is 0.865. The van der Waals surface area contributed by atoms with Crippen molar-refractivity contribution in [1.82, 2.24) is 4.90 Å². The summed E-state index contributed by atoms with van der Waals surface area (Å²) in [5.41, 5.74) is 1.80. The van der Waals surface area contributed by atoms with Gasteiger partial charge in [-0.25, -0.2) is 8.42 Å². The van der Waals surface area contributed by atoms with Gasteiger partial charge >= 0.3 is 0 Å². The highest BCUT2D eigenvalue weighted by atomic mass is 32.2. The normalized spacial score (nSPS) is 22.7. The van der Waals surface area contributed by atoms with Gasteiger partial charge in [0.2, 0.25) is 0 Å². The Labute approximate surface area is 132 Å². The average Bonchev–Trinajstić information content (AvgIpc) is 2.78. The van der Waals surface area contributed by atoms with Crippen LogP contribution in [0, 0.1) is 0 Å². The van der Waals surface area contributed by atoms with Crippen LogP contribution in [0.3, 0.4) is 0 Å². The summed E-state index contributed by atoms with van der Waals surface area (Å²) < 4.78 is 26.2. The Bertz CT molecular complexity index is 752. The minimum atomic E-state index is -3.36. The van der Waals surface area contributed by atoms with Gasteiger partial charge in [-0.05, 0) is 30.3 Å². The maximum absolute atomic E-state index is 13.1. The van der Waals surface area contributed by atoms with Gasteiger partial charge < -0.3 is 0 Å². The molecule has 0 saturated heterocycles. The topological polar surface area (TPSA) is 37.4 Å². The predicted octanol–water partition coefficient (Wildman–Crippen LogP) is 3.60. The van der Waals surface area contributed by atoms with E-state index in [2.05, 4.69) is 18.7 Å². The molecule has 0 spiro atoms. The van der Waals surface area contributed by atoms with Gasteiger partial charge in [0.15, 0.2) is 9.84 Å². The molecule has 1 aliphatic heterocycles. The van der Waals surface area contributed by atoms with Crippen molar-refractivity contribution in [3.8, 4) is 0 Å². The van der Waals surface area contributed by atoms with E-state index in [1.165, 1.54) is 0 Å². The molecule has 4 heteroatoms. The van der Waals surface area contributed by atoms with Gasteiger partial charge in [-0.3, -0.25) is 4.90 Å². The van der Waals surface area contributed by atoms with Crippen LogP contribution in [0.5, 0.6) is 0 Å². The molecule has 0 aliphatic carbocycles. The fraction of sp³-hybridized carbons (Fsp3) is 0.333. The highest BCUT2D eigenvalue weighted by Gasteiger charge is 2.47. The first kappa shape index (κ1) is 15.3. The summed E-state index contributed by atoms with van der Waals surface area (Å²) in [7, 11) is -3.36. The van der Waals surface area contributed by atoms with E-state index < -0.39 is 15.1 Å². The predicted molar refractivity (Wildman–Crippen MR) is 88.5 cm³/mol. The molecule has 2 unspecified atom stereocenters. The van der Waals surface area contributed by atoms with Crippen molar-refractivity contribution in [2.45, 2.75) is 30.0 Å². The number of likely N-dealkylation sites (N-methyl/N-ethyl adjacent to an activating group) is 1. The second kappa shape index (κ2) is 5.86. The average molecular weight is 315 g/mol. The fourth-order valence-corrected chi connectivity index (χ4v) is 5.70. The lowest BCUT2D eigenvalue weighted by atomic mass is 9.97. The van der Waals surface area contributed by atoms with E-state index >= 15 is 0 Å². The smallest absolute Gasteiger partial charge is 0.187 e. The zero-order valence-corrected chi connectivity index (χ0v) is 13.8. The molecular formula is C18H21NO2S. The van der Waals surface area contributed by atoms with E-state index in [0.717, 1.165) is 24.2 Å². The first-order valence-electron chi connectivity index (χ1n) is 7.73. The van der Waals surface area contributed by atoms with E-state index in [4.69, 9.17) is 0 Å². The van der Waals surface area contributed by atoms with Crippen LogP contribution in [0.1, 0.15) is 36.3 Å². The molecule has 0 aromatic heterocycles. The molecular weight excluding hydrogens is 294 g/mol. The number of nitrogens with zero attached hydrogens (tertiary/aromatic N) is 1. The number of hydrogen-bond donors (Lipinski definition) is 0. The molecule has 0 bridgehead atoms. The van der Waals surface area contributed by atoms with Crippen molar-refractivity contribution in [1.29, 1.82) is 0 Å². The molecule has 0 amide bonds. The van der Waals surface area contributed by atoms with Crippen LogP contribution in [0.2, 0.25) is 0 Å². The van der Waals surface area contributed by atoms with Crippen LogP contribution in [-0.4, -0.2) is 26.4 Å². The molecule has 3 nitrogen and oxygen atoms in total. The standard InChI is InChI=1S/C18H21NO2S/c1-3-19(4-2)17-15-12-8-9-13-16(15)22(20,21)18(17)14-10-6-5-7-11-14/h5-13,17-18H,3-4H2,1-2H3. The lowest BCUT2D eigenvalue weighted by molar-refractivity contribution is 0.214. The van der Waals surface area contributed by atoms with Gasteiger partial charge in [-0.1, -0.05) is 62.4 Å². The summed E-state index contributed by atoms with van der Waals surface area (Å²) in [6, 6.07) is 16.9. The third-order valence-electron chi connectivity index (χ3n) is 4.50. The van der Waals surface area contributed by atoms with E-state index in [1.807, 2.05) is 48.5 Å². The van der Waals surface area contributed by atoms with Crippen molar-refractivity contribution >= 4 is 9.84 Å². The summed E-state index contributed by atoms with van der Waals surface area (Å²) >= 11 is 0. The molecule has 1 aliphatic rings. The first-order valence-corrected chi connectivity index (χ1v) is 9.27. The Morgan fingerprint density at radius 2 is 1.50 bits per heavy atom. The molecule has 2 aromatic carbocycles. The number of hydrogen-bond acceptors (Lipinski definition) is 3. The van der Waals surface area contributed by atoms with Crippen LogP contribution in [0.25, 0.3) is 0 Å². The zero-order valence-electron chi connectivity index (χ0n) is 12.9. The highest BCUT2D eigenvalue weighted by molar-refractivity contribution is 7.92. The number of rotatable bonds is 4. The van der Waals surface area contributed by atoms with Crippen molar-refractivity contribution < 1.29 is 8.42 Å². The minimum absolute atomic E-state index is 0.112. The minimum Gasteiger partial charge on any atom is -0.295 e. The Hall–Kier alpha value is -1.65. The Balaban J connectivity index is 2.23. The van der Waals surface area contributed by atoms with Crippen molar-refractivity contribution in [2.75, 3.05) is 13.1 Å². The SMILES string of the molecule is CCN(CC)C1c2ccccc2S(=O)(=O)C1c1ccccc1. The molecule has 0 fully saturated rings. The van der Waals surface area contributed by atoms with Crippen molar-refractivity contribution in [3.05, 3.63) is 65.7 Å². The monoisotopic (exact) mass is 315 g/mol. The summed E-state index contributed by atoms with van der Waals surface area (Å²) in [6.45, 7) is 5.82. The largest absolute Gasteiger partial charge is 0.295 e.